The van der Waals surface area contributed by atoms with E-state index < -0.39 is 0 Å². The van der Waals surface area contributed by atoms with Crippen LogP contribution in [-0.4, -0.2) is 18.3 Å². The van der Waals surface area contributed by atoms with Crippen LogP contribution in [0.5, 0.6) is 0 Å². The molecule has 3 heteroatoms. The smallest absolute Gasteiger partial charge is 0.0998 e. The van der Waals surface area contributed by atoms with Gasteiger partial charge < -0.3 is 10.4 Å². The van der Waals surface area contributed by atoms with E-state index in [1.807, 2.05) is 24.3 Å². The number of rotatable bonds is 8. The maximum absolute atomic E-state index is 9.16. The second-order valence-electron chi connectivity index (χ2n) is 5.32. The number of nitrogens with one attached hydrogen (secondary N) is 1. The van der Waals surface area contributed by atoms with E-state index in [1.54, 1.807) is 0 Å². The fourth-order valence-electron chi connectivity index (χ4n) is 2.41. The molecule has 0 heterocycles. The van der Waals surface area contributed by atoms with Gasteiger partial charge in [-0.05, 0) is 48.6 Å². The molecule has 3 nitrogen and oxygen atoms in total. The molecular formula is C19H22N2O. The Balaban J connectivity index is 1.89. The normalized spacial score (nSPS) is 10.4. The second kappa shape index (κ2) is 8.99. The number of aliphatic hydroxyl groups excluding tert-OH is 1. The van der Waals surface area contributed by atoms with Gasteiger partial charge in [0, 0.05) is 13.2 Å². The van der Waals surface area contributed by atoms with Crippen LogP contribution in [0, 0.1) is 11.3 Å². The fourth-order valence-corrected chi connectivity index (χ4v) is 2.41. The minimum Gasteiger partial charge on any atom is -0.396 e. The summed E-state index contributed by atoms with van der Waals surface area (Å²) in [5, 5.41) is 21.3. The first-order chi connectivity index (χ1) is 10.8. The quantitative estimate of drug-likeness (QED) is 0.733. The Bertz CT molecular complexity index is 614. The predicted molar refractivity (Wildman–Crippen MR) is 89.2 cm³/mol. The number of unbranched alkanes of at least 4 members (excludes halogenated alkanes) is 2. The highest BCUT2D eigenvalue weighted by Crippen LogP contribution is 2.23. The Labute approximate surface area is 132 Å². The van der Waals surface area contributed by atoms with Gasteiger partial charge in [0.25, 0.3) is 0 Å². The second-order valence-corrected chi connectivity index (χ2v) is 5.32. The molecule has 0 amide bonds. The summed E-state index contributed by atoms with van der Waals surface area (Å²) in [6.07, 6.45) is 3.04. The zero-order valence-corrected chi connectivity index (χ0v) is 12.8. The molecule has 0 aromatic heterocycles. The molecule has 0 spiro atoms. The number of nitriles is 1. The van der Waals surface area contributed by atoms with E-state index >= 15 is 0 Å². The summed E-state index contributed by atoms with van der Waals surface area (Å²) in [6.45, 7) is 2.10. The molecule has 2 N–H and O–H groups in total. The van der Waals surface area contributed by atoms with Crippen molar-refractivity contribution >= 4 is 0 Å². The van der Waals surface area contributed by atoms with Crippen molar-refractivity contribution in [2.75, 3.05) is 13.2 Å². The SMILES string of the molecule is N#Cc1ccccc1-c1ccc(CNCCCCCO)cc1. The molecular weight excluding hydrogens is 272 g/mol. The third kappa shape index (κ3) is 4.70. The van der Waals surface area contributed by atoms with Crippen molar-refractivity contribution in [2.45, 2.75) is 25.8 Å². The summed E-state index contributed by atoms with van der Waals surface area (Å²) < 4.78 is 0. The number of aliphatic hydroxyl groups is 1. The molecule has 0 bridgehead atoms. The van der Waals surface area contributed by atoms with Gasteiger partial charge in [0.1, 0.15) is 0 Å². The van der Waals surface area contributed by atoms with E-state index in [9.17, 15) is 0 Å². The molecule has 2 aromatic carbocycles. The van der Waals surface area contributed by atoms with E-state index in [-0.39, 0.29) is 6.61 Å². The third-order valence-electron chi connectivity index (χ3n) is 3.65. The van der Waals surface area contributed by atoms with Crippen LogP contribution >= 0.6 is 0 Å². The van der Waals surface area contributed by atoms with Crippen LogP contribution in [0.25, 0.3) is 11.1 Å². The van der Waals surface area contributed by atoms with Crippen LogP contribution in [0.2, 0.25) is 0 Å². The Morgan fingerprint density at radius 2 is 1.73 bits per heavy atom. The van der Waals surface area contributed by atoms with Crippen LogP contribution in [0.1, 0.15) is 30.4 Å². The van der Waals surface area contributed by atoms with E-state index in [4.69, 9.17) is 10.4 Å². The van der Waals surface area contributed by atoms with Gasteiger partial charge in [-0.2, -0.15) is 5.26 Å². The lowest BCUT2D eigenvalue weighted by Crippen LogP contribution is -2.14. The zero-order valence-electron chi connectivity index (χ0n) is 12.8. The minimum absolute atomic E-state index is 0.283. The molecule has 0 atom stereocenters. The highest BCUT2D eigenvalue weighted by molar-refractivity contribution is 5.70. The zero-order chi connectivity index (χ0) is 15.6. The van der Waals surface area contributed by atoms with E-state index in [1.165, 1.54) is 5.56 Å². The van der Waals surface area contributed by atoms with Crippen molar-refractivity contribution in [1.82, 2.24) is 5.32 Å². The summed E-state index contributed by atoms with van der Waals surface area (Å²) in [6, 6.07) is 18.2. The molecule has 0 aliphatic rings. The van der Waals surface area contributed by atoms with Gasteiger partial charge in [-0.15, -0.1) is 0 Å². The monoisotopic (exact) mass is 294 g/mol. The van der Waals surface area contributed by atoms with Crippen molar-refractivity contribution < 1.29 is 5.11 Å². The van der Waals surface area contributed by atoms with Gasteiger partial charge in [0.15, 0.2) is 0 Å². The summed E-state index contributed by atoms with van der Waals surface area (Å²) in [5.41, 5.74) is 4.00. The first-order valence-corrected chi connectivity index (χ1v) is 7.75. The maximum atomic E-state index is 9.16. The van der Waals surface area contributed by atoms with Crippen molar-refractivity contribution in [3.8, 4) is 17.2 Å². The summed E-state index contributed by atoms with van der Waals surface area (Å²) in [4.78, 5) is 0. The lowest BCUT2D eigenvalue weighted by Gasteiger charge is -2.07. The molecule has 2 rings (SSSR count). The van der Waals surface area contributed by atoms with E-state index in [0.717, 1.165) is 43.5 Å². The molecule has 2 aromatic rings. The molecule has 0 radical (unpaired) electrons. The van der Waals surface area contributed by atoms with Crippen LogP contribution in [0.15, 0.2) is 48.5 Å². The first kappa shape index (κ1) is 16.2. The Hall–Kier alpha value is -2.15. The predicted octanol–water partition coefficient (Wildman–Crippen LogP) is 3.48. The van der Waals surface area contributed by atoms with E-state index in [0.29, 0.717) is 5.56 Å². The van der Waals surface area contributed by atoms with E-state index in [2.05, 4.69) is 35.7 Å². The van der Waals surface area contributed by atoms with Gasteiger partial charge in [-0.25, -0.2) is 0 Å². The average Bonchev–Trinajstić information content (AvgIpc) is 2.58. The summed E-state index contributed by atoms with van der Waals surface area (Å²) in [5.74, 6) is 0. The molecule has 22 heavy (non-hydrogen) atoms. The van der Waals surface area contributed by atoms with Crippen molar-refractivity contribution in [3.05, 3.63) is 59.7 Å². The molecule has 0 aliphatic heterocycles. The highest BCUT2D eigenvalue weighted by Gasteiger charge is 2.03. The van der Waals surface area contributed by atoms with Gasteiger partial charge in [-0.1, -0.05) is 42.5 Å². The topological polar surface area (TPSA) is 56.0 Å². The fraction of sp³-hybridized carbons (Fsp3) is 0.316. The molecule has 0 saturated carbocycles. The van der Waals surface area contributed by atoms with Gasteiger partial charge in [-0.3, -0.25) is 0 Å². The molecule has 0 aliphatic carbocycles. The average molecular weight is 294 g/mol. The molecule has 114 valence electrons. The van der Waals surface area contributed by atoms with Crippen LogP contribution in [0.4, 0.5) is 0 Å². The molecule has 0 saturated heterocycles. The van der Waals surface area contributed by atoms with Crippen LogP contribution in [0.3, 0.4) is 0 Å². The van der Waals surface area contributed by atoms with Crippen molar-refractivity contribution in [3.63, 3.8) is 0 Å². The van der Waals surface area contributed by atoms with Gasteiger partial charge in [0.05, 0.1) is 11.6 Å². The molecule has 0 fully saturated rings. The maximum Gasteiger partial charge on any atom is 0.0998 e. The Morgan fingerprint density at radius 3 is 2.45 bits per heavy atom. The minimum atomic E-state index is 0.283. The van der Waals surface area contributed by atoms with Crippen LogP contribution < -0.4 is 5.32 Å². The number of nitrogens with zero attached hydrogens (tertiary/aromatic N) is 1. The summed E-state index contributed by atoms with van der Waals surface area (Å²) in [7, 11) is 0. The Kier molecular flexibility index (Phi) is 6.63. The third-order valence-corrected chi connectivity index (χ3v) is 3.65. The summed E-state index contributed by atoms with van der Waals surface area (Å²) >= 11 is 0. The van der Waals surface area contributed by atoms with Crippen LogP contribution in [-0.2, 0) is 6.54 Å². The van der Waals surface area contributed by atoms with Crippen molar-refractivity contribution in [1.29, 1.82) is 5.26 Å². The van der Waals surface area contributed by atoms with Crippen molar-refractivity contribution in [2.24, 2.45) is 0 Å². The largest absolute Gasteiger partial charge is 0.396 e. The lowest BCUT2D eigenvalue weighted by molar-refractivity contribution is 0.283. The van der Waals surface area contributed by atoms with Gasteiger partial charge in [0.2, 0.25) is 0 Å². The standard InChI is InChI=1S/C19H22N2O/c20-14-18-6-2-3-7-19(18)17-10-8-16(9-11-17)15-21-12-4-1-5-13-22/h2-3,6-11,21-22H,1,4-5,12-13,15H2. The number of hydrogen-bond acceptors (Lipinski definition) is 3. The first-order valence-electron chi connectivity index (χ1n) is 7.75. The Morgan fingerprint density at radius 1 is 0.955 bits per heavy atom. The number of benzene rings is 2. The lowest BCUT2D eigenvalue weighted by atomic mass is 9.99. The molecule has 0 unspecified atom stereocenters. The van der Waals surface area contributed by atoms with Gasteiger partial charge >= 0.3 is 0 Å². The highest BCUT2D eigenvalue weighted by atomic mass is 16.2. The number of hydrogen-bond donors (Lipinski definition) is 2.